The fraction of sp³-hybridized carbons (Fsp3) is 0.556. The van der Waals surface area contributed by atoms with Crippen LogP contribution in [0.5, 0.6) is 0 Å². The molecule has 2 aromatic rings. The number of benzene rings is 1. The molecule has 1 heterocycles. The van der Waals surface area contributed by atoms with Crippen LogP contribution in [-0.4, -0.2) is 4.98 Å². The van der Waals surface area contributed by atoms with E-state index < -0.39 is 0 Å². The number of fused-ring (bicyclic) bond motifs is 1. The summed E-state index contributed by atoms with van der Waals surface area (Å²) >= 11 is 0. The van der Waals surface area contributed by atoms with E-state index in [-0.39, 0.29) is 5.41 Å². The number of aromatic nitrogens is 1. The molecule has 0 atom stereocenters. The molecule has 0 saturated heterocycles. The van der Waals surface area contributed by atoms with Gasteiger partial charge in [0.05, 0.1) is 0 Å². The van der Waals surface area contributed by atoms with E-state index in [0.29, 0.717) is 0 Å². The van der Waals surface area contributed by atoms with Gasteiger partial charge in [-0.05, 0) is 41.5 Å². The Balaban J connectivity index is 2.20. The Morgan fingerprint density at radius 2 is 1.84 bits per heavy atom. The highest BCUT2D eigenvalue weighted by Crippen LogP contribution is 2.28. The molecular formula is C18H27N. The van der Waals surface area contributed by atoms with Crippen LogP contribution in [-0.2, 0) is 11.8 Å². The van der Waals surface area contributed by atoms with Gasteiger partial charge in [0.15, 0.2) is 0 Å². The molecule has 0 fully saturated rings. The zero-order valence-electron chi connectivity index (χ0n) is 12.8. The van der Waals surface area contributed by atoms with E-state index in [2.05, 4.69) is 57.1 Å². The first-order valence-corrected chi connectivity index (χ1v) is 7.63. The Bertz CT molecular complexity index is 528. The Kier molecular flexibility index (Phi) is 4.34. The lowest BCUT2D eigenvalue weighted by Gasteiger charge is -2.19. The van der Waals surface area contributed by atoms with Crippen molar-refractivity contribution in [2.24, 2.45) is 0 Å². The third-order valence-electron chi connectivity index (χ3n) is 3.93. The number of aromatic amines is 1. The van der Waals surface area contributed by atoms with E-state index in [0.717, 1.165) is 0 Å². The summed E-state index contributed by atoms with van der Waals surface area (Å²) in [6, 6.07) is 6.85. The fourth-order valence-corrected chi connectivity index (χ4v) is 2.59. The zero-order valence-corrected chi connectivity index (χ0v) is 12.8. The van der Waals surface area contributed by atoms with E-state index >= 15 is 0 Å². The van der Waals surface area contributed by atoms with Gasteiger partial charge in [-0.15, -0.1) is 0 Å². The van der Waals surface area contributed by atoms with Crippen LogP contribution < -0.4 is 0 Å². The molecule has 0 amide bonds. The molecule has 0 aliphatic rings. The highest BCUT2D eigenvalue weighted by molar-refractivity contribution is 5.84. The smallest absolute Gasteiger partial charge is 0.0456 e. The molecule has 0 spiro atoms. The molecule has 19 heavy (non-hydrogen) atoms. The minimum absolute atomic E-state index is 0.227. The number of hydrogen-bond donors (Lipinski definition) is 1. The van der Waals surface area contributed by atoms with Gasteiger partial charge in [-0.1, -0.05) is 53.0 Å². The fourth-order valence-electron chi connectivity index (χ4n) is 2.59. The van der Waals surface area contributed by atoms with Crippen molar-refractivity contribution < 1.29 is 0 Å². The molecule has 0 unspecified atom stereocenters. The maximum atomic E-state index is 3.41. The number of nitrogens with one attached hydrogen (secondary N) is 1. The minimum atomic E-state index is 0.227. The lowest BCUT2D eigenvalue weighted by Crippen LogP contribution is -2.10. The van der Waals surface area contributed by atoms with E-state index in [1.807, 2.05) is 0 Å². The Hall–Kier alpha value is -1.24. The van der Waals surface area contributed by atoms with Crippen LogP contribution in [0.25, 0.3) is 10.9 Å². The summed E-state index contributed by atoms with van der Waals surface area (Å²) in [5, 5.41) is 1.42. The molecule has 0 bridgehead atoms. The average molecular weight is 257 g/mol. The molecule has 1 N–H and O–H groups in total. The maximum Gasteiger partial charge on any atom is 0.0456 e. The molecule has 1 nitrogen and oxygen atoms in total. The second-order valence-electron chi connectivity index (χ2n) is 6.63. The Morgan fingerprint density at radius 3 is 2.53 bits per heavy atom. The van der Waals surface area contributed by atoms with Gasteiger partial charge in [0.2, 0.25) is 0 Å². The number of unbranched alkanes of at least 4 members (excludes halogenated alkanes) is 3. The molecule has 2 rings (SSSR count). The molecule has 0 aliphatic heterocycles. The van der Waals surface area contributed by atoms with Gasteiger partial charge in [-0.2, -0.15) is 0 Å². The molecular weight excluding hydrogens is 230 g/mol. The normalized spacial score (nSPS) is 12.2. The first kappa shape index (κ1) is 14.2. The van der Waals surface area contributed by atoms with Gasteiger partial charge in [0.1, 0.15) is 0 Å². The SMILES string of the molecule is CCCCCCc1c[nH]c2ccc(C(C)(C)C)cc12. The van der Waals surface area contributed by atoms with Crippen molar-refractivity contribution in [1.82, 2.24) is 4.98 Å². The van der Waals surface area contributed by atoms with Crippen molar-refractivity contribution in [2.75, 3.05) is 0 Å². The number of aryl methyl sites for hydroxylation is 1. The van der Waals surface area contributed by atoms with Gasteiger partial charge < -0.3 is 4.98 Å². The van der Waals surface area contributed by atoms with Crippen molar-refractivity contribution >= 4 is 10.9 Å². The first-order valence-electron chi connectivity index (χ1n) is 7.63. The Morgan fingerprint density at radius 1 is 1.05 bits per heavy atom. The topological polar surface area (TPSA) is 15.8 Å². The molecule has 0 aliphatic carbocycles. The van der Waals surface area contributed by atoms with E-state index in [1.165, 1.54) is 54.1 Å². The maximum absolute atomic E-state index is 3.41. The van der Waals surface area contributed by atoms with E-state index in [1.54, 1.807) is 0 Å². The van der Waals surface area contributed by atoms with Crippen LogP contribution in [0.1, 0.15) is 64.5 Å². The number of H-pyrrole nitrogens is 1. The van der Waals surface area contributed by atoms with E-state index in [9.17, 15) is 0 Å². The number of hydrogen-bond acceptors (Lipinski definition) is 0. The summed E-state index contributed by atoms with van der Waals surface area (Å²) in [4.78, 5) is 3.41. The van der Waals surface area contributed by atoms with Gasteiger partial charge in [0, 0.05) is 17.1 Å². The molecule has 0 saturated carbocycles. The van der Waals surface area contributed by atoms with Crippen molar-refractivity contribution in [2.45, 2.75) is 65.2 Å². The van der Waals surface area contributed by atoms with Crippen molar-refractivity contribution in [3.8, 4) is 0 Å². The van der Waals surface area contributed by atoms with Crippen LogP contribution >= 0.6 is 0 Å². The van der Waals surface area contributed by atoms with Crippen molar-refractivity contribution in [1.29, 1.82) is 0 Å². The van der Waals surface area contributed by atoms with Crippen molar-refractivity contribution in [3.05, 3.63) is 35.5 Å². The molecule has 1 aromatic heterocycles. The van der Waals surface area contributed by atoms with Crippen LogP contribution in [0, 0.1) is 0 Å². The average Bonchev–Trinajstić information content (AvgIpc) is 2.76. The third kappa shape index (κ3) is 3.40. The monoisotopic (exact) mass is 257 g/mol. The summed E-state index contributed by atoms with van der Waals surface area (Å²) in [7, 11) is 0. The largest absolute Gasteiger partial charge is 0.361 e. The Labute approximate surface area is 117 Å². The summed E-state index contributed by atoms with van der Waals surface area (Å²) in [6.45, 7) is 9.10. The van der Waals surface area contributed by atoms with Crippen LogP contribution in [0.15, 0.2) is 24.4 Å². The third-order valence-corrected chi connectivity index (χ3v) is 3.93. The van der Waals surface area contributed by atoms with Gasteiger partial charge >= 0.3 is 0 Å². The highest BCUT2D eigenvalue weighted by Gasteiger charge is 2.15. The predicted molar refractivity (Wildman–Crippen MR) is 84.8 cm³/mol. The summed E-state index contributed by atoms with van der Waals surface area (Å²) in [6.07, 6.45) is 8.72. The molecule has 1 aromatic carbocycles. The van der Waals surface area contributed by atoms with Crippen molar-refractivity contribution in [3.63, 3.8) is 0 Å². The van der Waals surface area contributed by atoms with Gasteiger partial charge in [-0.25, -0.2) is 0 Å². The number of rotatable bonds is 5. The van der Waals surface area contributed by atoms with Crippen LogP contribution in [0.2, 0.25) is 0 Å². The molecule has 104 valence electrons. The van der Waals surface area contributed by atoms with Crippen LogP contribution in [0.4, 0.5) is 0 Å². The summed E-state index contributed by atoms with van der Waals surface area (Å²) < 4.78 is 0. The lowest BCUT2D eigenvalue weighted by atomic mass is 9.86. The first-order chi connectivity index (χ1) is 9.02. The second-order valence-corrected chi connectivity index (χ2v) is 6.63. The predicted octanol–water partition coefficient (Wildman–Crippen LogP) is 5.59. The molecule has 1 heteroatoms. The van der Waals surface area contributed by atoms with Gasteiger partial charge in [-0.3, -0.25) is 0 Å². The van der Waals surface area contributed by atoms with Gasteiger partial charge in [0.25, 0.3) is 0 Å². The standard InChI is InChI=1S/C18H27N/c1-5-6-7-8-9-14-13-19-17-11-10-15(12-16(14)17)18(2,3)4/h10-13,19H,5-9H2,1-4H3. The van der Waals surface area contributed by atoms with Crippen LogP contribution in [0.3, 0.4) is 0 Å². The molecule has 0 radical (unpaired) electrons. The summed E-state index contributed by atoms with van der Waals surface area (Å²) in [5.41, 5.74) is 4.41. The highest BCUT2D eigenvalue weighted by atomic mass is 14.7. The lowest BCUT2D eigenvalue weighted by molar-refractivity contribution is 0.591. The van der Waals surface area contributed by atoms with E-state index in [4.69, 9.17) is 0 Å². The summed E-state index contributed by atoms with van der Waals surface area (Å²) in [5.74, 6) is 0. The quantitative estimate of drug-likeness (QED) is 0.672. The minimum Gasteiger partial charge on any atom is -0.361 e. The second kappa shape index (κ2) is 5.81. The zero-order chi connectivity index (χ0) is 13.9.